The standard InChI is InChI=1S/C17H28/c1-5-16(17(4,6-2)7-3)15-13-11-9-8-10-12-14-15/h9,11-14,16H,5-8,10H2,1-4H3/b11-9+,14-12+,15-13+. The first-order valence-corrected chi connectivity index (χ1v) is 7.21. The molecule has 1 aliphatic rings. The van der Waals surface area contributed by atoms with Gasteiger partial charge in [0, 0.05) is 0 Å². The highest BCUT2D eigenvalue weighted by atomic mass is 14.4. The first-order valence-electron chi connectivity index (χ1n) is 7.21. The summed E-state index contributed by atoms with van der Waals surface area (Å²) in [6, 6.07) is 0. The van der Waals surface area contributed by atoms with Crippen LogP contribution in [0.25, 0.3) is 0 Å². The number of hydrogen-bond acceptors (Lipinski definition) is 0. The van der Waals surface area contributed by atoms with Crippen LogP contribution < -0.4 is 0 Å². The van der Waals surface area contributed by atoms with Gasteiger partial charge in [-0.1, -0.05) is 70.9 Å². The zero-order valence-electron chi connectivity index (χ0n) is 12.0. The maximum absolute atomic E-state index is 2.44. The summed E-state index contributed by atoms with van der Waals surface area (Å²) in [5, 5.41) is 0. The summed E-state index contributed by atoms with van der Waals surface area (Å²) in [4.78, 5) is 0. The molecule has 1 aliphatic carbocycles. The number of rotatable bonds is 5. The Morgan fingerprint density at radius 3 is 2.35 bits per heavy atom. The van der Waals surface area contributed by atoms with E-state index in [1.807, 2.05) is 0 Å². The topological polar surface area (TPSA) is 0 Å². The molecule has 0 heterocycles. The van der Waals surface area contributed by atoms with Gasteiger partial charge in [0.1, 0.15) is 0 Å². The fourth-order valence-corrected chi connectivity index (χ4v) is 2.85. The smallest absolute Gasteiger partial charge is 0.0111 e. The molecule has 0 bridgehead atoms. The number of hydrogen-bond donors (Lipinski definition) is 0. The summed E-state index contributed by atoms with van der Waals surface area (Å²) in [5.74, 6) is 0.691. The van der Waals surface area contributed by atoms with Crippen LogP contribution in [0.2, 0.25) is 0 Å². The van der Waals surface area contributed by atoms with Crippen LogP contribution in [-0.4, -0.2) is 0 Å². The molecule has 1 atom stereocenters. The normalized spacial score (nSPS) is 25.3. The molecule has 96 valence electrons. The van der Waals surface area contributed by atoms with Crippen LogP contribution >= 0.6 is 0 Å². The second-order valence-electron chi connectivity index (χ2n) is 5.40. The molecule has 0 heteroatoms. The molecule has 1 rings (SSSR count). The Labute approximate surface area is 108 Å². The van der Waals surface area contributed by atoms with Crippen LogP contribution in [0.4, 0.5) is 0 Å². The zero-order chi connectivity index (χ0) is 12.7. The highest BCUT2D eigenvalue weighted by molar-refractivity contribution is 5.29. The van der Waals surface area contributed by atoms with E-state index < -0.39 is 0 Å². The Hall–Kier alpha value is -0.780. The minimum atomic E-state index is 0.442. The molecule has 0 nitrogen and oxygen atoms in total. The van der Waals surface area contributed by atoms with E-state index in [1.165, 1.54) is 37.7 Å². The molecular formula is C17H28. The fourth-order valence-electron chi connectivity index (χ4n) is 2.85. The SMILES string of the molecule is CCC(C1=C/C=C/CC\C=C\1)C(C)(CC)CC. The van der Waals surface area contributed by atoms with Crippen molar-refractivity contribution in [3.8, 4) is 0 Å². The van der Waals surface area contributed by atoms with Crippen molar-refractivity contribution < 1.29 is 0 Å². The Bertz CT molecular complexity index is 300. The molecule has 0 N–H and O–H groups in total. The monoisotopic (exact) mass is 232 g/mol. The summed E-state index contributed by atoms with van der Waals surface area (Å²) in [7, 11) is 0. The lowest BCUT2D eigenvalue weighted by molar-refractivity contribution is 0.196. The average Bonchev–Trinajstić information content (AvgIpc) is 2.32. The van der Waals surface area contributed by atoms with E-state index in [0.717, 1.165) is 0 Å². The summed E-state index contributed by atoms with van der Waals surface area (Å²) in [5.41, 5.74) is 1.97. The Morgan fingerprint density at radius 2 is 1.76 bits per heavy atom. The first kappa shape index (κ1) is 14.3. The van der Waals surface area contributed by atoms with Gasteiger partial charge in [0.15, 0.2) is 0 Å². The molecule has 0 amide bonds. The van der Waals surface area contributed by atoms with Crippen molar-refractivity contribution in [1.82, 2.24) is 0 Å². The molecule has 0 saturated carbocycles. The van der Waals surface area contributed by atoms with Crippen molar-refractivity contribution >= 4 is 0 Å². The van der Waals surface area contributed by atoms with Gasteiger partial charge in [0.2, 0.25) is 0 Å². The fraction of sp³-hybridized carbons (Fsp3) is 0.647. The van der Waals surface area contributed by atoms with Crippen LogP contribution in [0.5, 0.6) is 0 Å². The molecule has 1 unspecified atom stereocenters. The predicted octanol–water partition coefficient (Wildman–Crippen LogP) is 5.67. The van der Waals surface area contributed by atoms with E-state index in [0.29, 0.717) is 11.3 Å². The lowest BCUT2D eigenvalue weighted by Gasteiger charge is -2.37. The zero-order valence-corrected chi connectivity index (χ0v) is 12.0. The molecule has 0 aromatic heterocycles. The van der Waals surface area contributed by atoms with Crippen molar-refractivity contribution in [2.45, 2.75) is 59.8 Å². The summed E-state index contributed by atoms with van der Waals surface area (Å²) >= 11 is 0. The second kappa shape index (κ2) is 6.83. The highest BCUT2D eigenvalue weighted by Gasteiger charge is 2.31. The van der Waals surface area contributed by atoms with Crippen molar-refractivity contribution in [2.75, 3.05) is 0 Å². The van der Waals surface area contributed by atoms with Gasteiger partial charge >= 0.3 is 0 Å². The van der Waals surface area contributed by atoms with Crippen LogP contribution in [-0.2, 0) is 0 Å². The highest BCUT2D eigenvalue weighted by Crippen LogP contribution is 2.41. The predicted molar refractivity (Wildman–Crippen MR) is 78.1 cm³/mol. The minimum absolute atomic E-state index is 0.442. The third kappa shape index (κ3) is 3.59. The van der Waals surface area contributed by atoms with Gasteiger partial charge in [-0.15, -0.1) is 0 Å². The molecule has 0 radical (unpaired) electrons. The van der Waals surface area contributed by atoms with E-state index in [1.54, 1.807) is 0 Å². The minimum Gasteiger partial charge on any atom is -0.0842 e. The van der Waals surface area contributed by atoms with E-state index >= 15 is 0 Å². The molecule has 0 aromatic rings. The lowest BCUT2D eigenvalue weighted by atomic mass is 9.68. The molecule has 0 spiro atoms. The lowest BCUT2D eigenvalue weighted by Crippen LogP contribution is -2.27. The Kier molecular flexibility index (Phi) is 5.74. The van der Waals surface area contributed by atoms with Crippen molar-refractivity contribution in [2.24, 2.45) is 11.3 Å². The molecule has 0 fully saturated rings. The van der Waals surface area contributed by atoms with Crippen molar-refractivity contribution in [3.63, 3.8) is 0 Å². The van der Waals surface area contributed by atoms with Crippen LogP contribution in [0.3, 0.4) is 0 Å². The number of allylic oxidation sites excluding steroid dienone is 6. The van der Waals surface area contributed by atoms with Crippen molar-refractivity contribution in [1.29, 1.82) is 0 Å². The molecule has 0 aromatic carbocycles. The van der Waals surface area contributed by atoms with Crippen LogP contribution in [0, 0.1) is 11.3 Å². The third-order valence-corrected chi connectivity index (χ3v) is 4.50. The van der Waals surface area contributed by atoms with E-state index in [2.05, 4.69) is 58.1 Å². The largest absolute Gasteiger partial charge is 0.0842 e. The Morgan fingerprint density at radius 1 is 1.12 bits per heavy atom. The van der Waals surface area contributed by atoms with Gasteiger partial charge in [0.05, 0.1) is 0 Å². The van der Waals surface area contributed by atoms with Gasteiger partial charge in [-0.25, -0.2) is 0 Å². The second-order valence-corrected chi connectivity index (χ2v) is 5.40. The first-order chi connectivity index (χ1) is 8.18. The van der Waals surface area contributed by atoms with Gasteiger partial charge < -0.3 is 0 Å². The third-order valence-electron chi connectivity index (χ3n) is 4.50. The summed E-state index contributed by atoms with van der Waals surface area (Å²) in [6.45, 7) is 9.42. The van der Waals surface area contributed by atoms with E-state index in [4.69, 9.17) is 0 Å². The van der Waals surface area contributed by atoms with E-state index in [9.17, 15) is 0 Å². The molecular weight excluding hydrogens is 204 g/mol. The summed E-state index contributed by atoms with van der Waals surface area (Å²) in [6.07, 6.45) is 17.7. The van der Waals surface area contributed by atoms with Crippen LogP contribution in [0.1, 0.15) is 59.8 Å². The van der Waals surface area contributed by atoms with Gasteiger partial charge in [0.25, 0.3) is 0 Å². The summed E-state index contributed by atoms with van der Waals surface area (Å²) < 4.78 is 0. The van der Waals surface area contributed by atoms with Gasteiger partial charge in [-0.3, -0.25) is 0 Å². The molecule has 0 aliphatic heterocycles. The average molecular weight is 232 g/mol. The van der Waals surface area contributed by atoms with Crippen LogP contribution in [0.15, 0.2) is 36.0 Å². The van der Waals surface area contributed by atoms with Gasteiger partial charge in [-0.2, -0.15) is 0 Å². The van der Waals surface area contributed by atoms with Gasteiger partial charge in [-0.05, 0) is 36.2 Å². The van der Waals surface area contributed by atoms with Crippen molar-refractivity contribution in [3.05, 3.63) is 36.0 Å². The van der Waals surface area contributed by atoms with E-state index in [-0.39, 0.29) is 0 Å². The Balaban J connectivity index is 2.99. The molecule has 0 saturated heterocycles. The maximum atomic E-state index is 2.44. The quantitative estimate of drug-likeness (QED) is 0.572. The maximum Gasteiger partial charge on any atom is -0.0111 e. The molecule has 17 heavy (non-hydrogen) atoms.